The first kappa shape index (κ1) is 14.7. The van der Waals surface area contributed by atoms with Crippen molar-refractivity contribution in [3.63, 3.8) is 0 Å². The van der Waals surface area contributed by atoms with E-state index in [2.05, 4.69) is 10.5 Å². The smallest absolute Gasteiger partial charge is 0.322 e. The summed E-state index contributed by atoms with van der Waals surface area (Å²) < 4.78 is 0. The molecule has 2 rings (SSSR count). The Morgan fingerprint density at radius 2 is 2.05 bits per heavy atom. The molecular weight excluding hydrogens is 303 g/mol. The van der Waals surface area contributed by atoms with Gasteiger partial charge in [-0.1, -0.05) is 28.4 Å². The third-order valence-electron chi connectivity index (χ3n) is 3.08. The molecular formula is C12H14Cl2N4O2. The molecule has 20 heavy (non-hydrogen) atoms. The number of amidine groups is 1. The van der Waals surface area contributed by atoms with Crippen LogP contribution in [0, 0.1) is 0 Å². The Bertz CT molecular complexity index is 530. The molecule has 0 radical (unpaired) electrons. The van der Waals surface area contributed by atoms with E-state index in [0.29, 0.717) is 28.7 Å². The van der Waals surface area contributed by atoms with Crippen molar-refractivity contribution in [1.82, 2.24) is 4.90 Å². The van der Waals surface area contributed by atoms with Crippen molar-refractivity contribution in [3.8, 4) is 0 Å². The van der Waals surface area contributed by atoms with Crippen LogP contribution in [0.3, 0.4) is 0 Å². The second-order valence-corrected chi connectivity index (χ2v) is 5.34. The highest BCUT2D eigenvalue weighted by molar-refractivity contribution is 6.35. The molecule has 1 aromatic carbocycles. The average Bonchev–Trinajstić information content (AvgIpc) is 2.85. The molecule has 1 atom stereocenters. The lowest BCUT2D eigenvalue weighted by Crippen LogP contribution is -2.45. The van der Waals surface area contributed by atoms with Gasteiger partial charge in [-0.3, -0.25) is 0 Å². The molecule has 0 aliphatic carbocycles. The highest BCUT2D eigenvalue weighted by atomic mass is 35.5. The first-order valence-electron chi connectivity index (χ1n) is 6.02. The number of anilines is 1. The third-order valence-corrected chi connectivity index (χ3v) is 3.52. The van der Waals surface area contributed by atoms with E-state index in [4.69, 9.17) is 34.1 Å². The van der Waals surface area contributed by atoms with E-state index in [1.165, 1.54) is 4.90 Å². The summed E-state index contributed by atoms with van der Waals surface area (Å²) in [6.45, 7) is 0.543. The molecule has 2 amide bonds. The maximum atomic E-state index is 12.2. The van der Waals surface area contributed by atoms with E-state index in [-0.39, 0.29) is 11.9 Å². The lowest BCUT2D eigenvalue weighted by atomic mass is 10.2. The topological polar surface area (TPSA) is 91.0 Å². The molecule has 1 aliphatic rings. The van der Waals surface area contributed by atoms with Crippen LogP contribution in [0.1, 0.15) is 12.8 Å². The minimum absolute atomic E-state index is 0.0294. The van der Waals surface area contributed by atoms with Crippen LogP contribution in [0.4, 0.5) is 10.5 Å². The van der Waals surface area contributed by atoms with Crippen molar-refractivity contribution in [2.45, 2.75) is 18.9 Å². The summed E-state index contributed by atoms with van der Waals surface area (Å²) in [6, 6.07) is 4.04. The molecule has 1 aromatic rings. The zero-order valence-corrected chi connectivity index (χ0v) is 12.0. The van der Waals surface area contributed by atoms with Gasteiger partial charge in [-0.15, -0.1) is 0 Å². The molecule has 1 heterocycles. The first-order chi connectivity index (χ1) is 9.51. The summed E-state index contributed by atoms with van der Waals surface area (Å²) in [5.74, 6) is 0.0294. The fourth-order valence-electron chi connectivity index (χ4n) is 2.21. The number of hydrogen-bond donors (Lipinski definition) is 3. The Morgan fingerprint density at radius 1 is 1.40 bits per heavy atom. The molecule has 0 saturated carbocycles. The number of halogens is 2. The van der Waals surface area contributed by atoms with E-state index in [1.807, 2.05) is 0 Å². The summed E-state index contributed by atoms with van der Waals surface area (Å²) >= 11 is 11.7. The number of nitrogens with zero attached hydrogens (tertiary/aromatic N) is 2. The van der Waals surface area contributed by atoms with Crippen LogP contribution in [-0.2, 0) is 0 Å². The molecule has 0 spiro atoms. The number of likely N-dealkylation sites (tertiary alicyclic amines) is 1. The number of rotatable bonds is 2. The van der Waals surface area contributed by atoms with E-state index in [1.54, 1.807) is 18.2 Å². The van der Waals surface area contributed by atoms with Crippen molar-refractivity contribution < 1.29 is 10.0 Å². The van der Waals surface area contributed by atoms with Crippen LogP contribution >= 0.6 is 23.2 Å². The second kappa shape index (κ2) is 6.19. The van der Waals surface area contributed by atoms with E-state index in [9.17, 15) is 4.79 Å². The monoisotopic (exact) mass is 316 g/mol. The fraction of sp³-hybridized carbons (Fsp3) is 0.333. The summed E-state index contributed by atoms with van der Waals surface area (Å²) in [6.07, 6.45) is 1.46. The standard InChI is InChI=1S/C12H14Cl2N4O2/c13-7-4-8(14)6-9(5-7)16-12(19)18-3-1-2-10(18)11(15)17-20/h4-6,10,20H,1-3H2,(H2,15,17)(H,16,19). The van der Waals surface area contributed by atoms with Crippen LogP contribution in [0.15, 0.2) is 23.4 Å². The summed E-state index contributed by atoms with van der Waals surface area (Å²) in [5.41, 5.74) is 6.08. The number of nitrogens with one attached hydrogen (secondary N) is 1. The molecule has 0 aromatic heterocycles. The van der Waals surface area contributed by atoms with Gasteiger partial charge >= 0.3 is 6.03 Å². The van der Waals surface area contributed by atoms with Crippen LogP contribution in [0.5, 0.6) is 0 Å². The van der Waals surface area contributed by atoms with Gasteiger partial charge in [-0.25, -0.2) is 4.79 Å². The first-order valence-corrected chi connectivity index (χ1v) is 6.78. The molecule has 4 N–H and O–H groups in total. The number of amides is 2. The Labute approximate surface area is 126 Å². The normalized spacial score (nSPS) is 19.2. The molecule has 1 fully saturated rings. The predicted molar refractivity (Wildman–Crippen MR) is 78.6 cm³/mol. The Hall–Kier alpha value is -1.66. The average molecular weight is 317 g/mol. The predicted octanol–water partition coefficient (Wildman–Crippen LogP) is 2.74. The van der Waals surface area contributed by atoms with Crippen molar-refractivity contribution in [1.29, 1.82) is 0 Å². The van der Waals surface area contributed by atoms with E-state index < -0.39 is 6.04 Å². The maximum absolute atomic E-state index is 12.2. The third kappa shape index (κ3) is 3.26. The Morgan fingerprint density at radius 3 is 2.65 bits per heavy atom. The van der Waals surface area contributed by atoms with Gasteiger partial charge in [0.25, 0.3) is 0 Å². The molecule has 1 aliphatic heterocycles. The second-order valence-electron chi connectivity index (χ2n) is 4.46. The number of carbonyl (C=O) groups is 1. The Balaban J connectivity index is 2.11. The van der Waals surface area contributed by atoms with Gasteiger partial charge < -0.3 is 21.2 Å². The lowest BCUT2D eigenvalue weighted by Gasteiger charge is -2.23. The quantitative estimate of drug-likeness (QED) is 0.339. The van der Waals surface area contributed by atoms with E-state index in [0.717, 1.165) is 6.42 Å². The van der Waals surface area contributed by atoms with Gasteiger partial charge in [-0.05, 0) is 31.0 Å². The summed E-state index contributed by atoms with van der Waals surface area (Å²) in [4.78, 5) is 13.7. The zero-order chi connectivity index (χ0) is 14.7. The van der Waals surface area contributed by atoms with Crippen molar-refractivity contribution in [3.05, 3.63) is 28.2 Å². The largest absolute Gasteiger partial charge is 0.409 e. The molecule has 1 unspecified atom stereocenters. The summed E-state index contributed by atoms with van der Waals surface area (Å²) in [7, 11) is 0. The summed E-state index contributed by atoms with van der Waals surface area (Å²) in [5, 5.41) is 15.3. The minimum atomic E-state index is -0.394. The molecule has 0 bridgehead atoms. The van der Waals surface area contributed by atoms with Gasteiger partial charge in [-0.2, -0.15) is 0 Å². The number of nitrogens with two attached hydrogens (primary N) is 1. The van der Waals surface area contributed by atoms with Gasteiger partial charge in [0, 0.05) is 22.3 Å². The molecule has 8 heteroatoms. The van der Waals surface area contributed by atoms with Crippen molar-refractivity contribution in [2.24, 2.45) is 10.9 Å². The van der Waals surface area contributed by atoms with Crippen LogP contribution in [-0.4, -0.2) is 34.6 Å². The van der Waals surface area contributed by atoms with Crippen LogP contribution < -0.4 is 11.1 Å². The van der Waals surface area contributed by atoms with Gasteiger partial charge in [0.2, 0.25) is 0 Å². The van der Waals surface area contributed by atoms with Crippen LogP contribution in [0.25, 0.3) is 0 Å². The fourth-order valence-corrected chi connectivity index (χ4v) is 2.73. The zero-order valence-electron chi connectivity index (χ0n) is 10.5. The maximum Gasteiger partial charge on any atom is 0.322 e. The number of carbonyl (C=O) groups excluding carboxylic acids is 1. The molecule has 1 saturated heterocycles. The number of urea groups is 1. The highest BCUT2D eigenvalue weighted by Crippen LogP contribution is 2.24. The molecule has 6 nitrogen and oxygen atoms in total. The van der Waals surface area contributed by atoms with Crippen molar-refractivity contribution >= 4 is 40.8 Å². The number of benzene rings is 1. The van der Waals surface area contributed by atoms with Gasteiger partial charge in [0.05, 0.1) is 6.04 Å². The Kier molecular flexibility index (Phi) is 4.57. The number of hydrogen-bond acceptors (Lipinski definition) is 3. The SMILES string of the molecule is N/C(=N/O)C1CCCN1C(=O)Nc1cc(Cl)cc(Cl)c1. The van der Waals surface area contributed by atoms with Gasteiger partial charge in [0.1, 0.15) is 0 Å². The van der Waals surface area contributed by atoms with E-state index >= 15 is 0 Å². The lowest BCUT2D eigenvalue weighted by molar-refractivity contribution is 0.215. The number of oxime groups is 1. The van der Waals surface area contributed by atoms with Crippen molar-refractivity contribution in [2.75, 3.05) is 11.9 Å². The van der Waals surface area contributed by atoms with Crippen LogP contribution in [0.2, 0.25) is 10.0 Å². The minimum Gasteiger partial charge on any atom is -0.409 e. The van der Waals surface area contributed by atoms with Gasteiger partial charge in [0.15, 0.2) is 5.84 Å². The molecule has 108 valence electrons. The highest BCUT2D eigenvalue weighted by Gasteiger charge is 2.31.